The lowest BCUT2D eigenvalue weighted by Crippen LogP contribution is -2.26. The lowest BCUT2D eigenvalue weighted by Gasteiger charge is -2.18. The van der Waals surface area contributed by atoms with Crippen LogP contribution in [0.5, 0.6) is 0 Å². The molecule has 6 nitrogen and oxygen atoms in total. The normalized spacial score (nSPS) is 11.5. The van der Waals surface area contributed by atoms with Crippen LogP contribution >= 0.6 is 0 Å². The molecule has 0 aliphatic carbocycles. The van der Waals surface area contributed by atoms with Gasteiger partial charge in [-0.2, -0.15) is 0 Å². The molecule has 0 bridgehead atoms. The molecule has 142 valence electrons. The highest BCUT2D eigenvalue weighted by atomic mass is 16.5. The number of nitrogens with one attached hydrogen (secondary N) is 2. The summed E-state index contributed by atoms with van der Waals surface area (Å²) in [5.41, 5.74) is 2.68. The number of H-pyrrole nitrogens is 1. The van der Waals surface area contributed by atoms with E-state index in [1.54, 1.807) is 36.4 Å². The number of anilines is 1. The van der Waals surface area contributed by atoms with Gasteiger partial charge in [0.1, 0.15) is 5.69 Å². The maximum atomic E-state index is 12.8. The monoisotopic (exact) mass is 376 g/mol. The number of carbonyl (C=O) groups excluding carboxylic acids is 3. The Bertz CT molecular complexity index is 991. The van der Waals surface area contributed by atoms with Gasteiger partial charge >= 0.3 is 5.97 Å². The number of Topliss-reactive ketones (excluding diaryl/α,β-unsaturated/α-hetero) is 1. The van der Waals surface area contributed by atoms with Crippen molar-refractivity contribution in [3.63, 3.8) is 0 Å². The Morgan fingerprint density at radius 1 is 1.00 bits per heavy atom. The number of benzene rings is 2. The minimum absolute atomic E-state index is 0.106. The van der Waals surface area contributed by atoms with Crippen LogP contribution in [0.2, 0.25) is 0 Å². The molecule has 0 unspecified atom stereocenters. The van der Waals surface area contributed by atoms with Gasteiger partial charge in [-0.3, -0.25) is 9.59 Å². The first-order valence-corrected chi connectivity index (χ1v) is 8.77. The molecule has 1 heterocycles. The second-order valence-corrected chi connectivity index (χ2v) is 6.41. The van der Waals surface area contributed by atoms with E-state index in [0.29, 0.717) is 16.8 Å². The molecular formula is C22H20N2O4. The lowest BCUT2D eigenvalue weighted by atomic mass is 10.1. The predicted molar refractivity (Wildman–Crippen MR) is 105 cm³/mol. The van der Waals surface area contributed by atoms with Gasteiger partial charge in [0, 0.05) is 23.0 Å². The molecule has 1 amide bonds. The molecule has 6 heteroatoms. The molecule has 0 aliphatic rings. The topological polar surface area (TPSA) is 88.3 Å². The average molecular weight is 376 g/mol. The van der Waals surface area contributed by atoms with Crippen LogP contribution in [0.1, 0.15) is 45.0 Å². The van der Waals surface area contributed by atoms with Crippen molar-refractivity contribution in [2.45, 2.75) is 20.0 Å². The molecule has 2 aromatic carbocycles. The maximum absolute atomic E-state index is 12.8. The first-order chi connectivity index (χ1) is 13.4. The van der Waals surface area contributed by atoms with Crippen LogP contribution in [0.4, 0.5) is 5.69 Å². The van der Waals surface area contributed by atoms with E-state index in [-0.39, 0.29) is 11.5 Å². The van der Waals surface area contributed by atoms with Gasteiger partial charge in [-0.05, 0) is 32.0 Å². The number of aromatic amines is 1. The number of carbonyl (C=O) groups is 3. The molecule has 0 spiro atoms. The van der Waals surface area contributed by atoms with Gasteiger partial charge in [0.2, 0.25) is 6.10 Å². The molecule has 28 heavy (non-hydrogen) atoms. The fraction of sp³-hybridized carbons (Fsp3) is 0.136. The van der Waals surface area contributed by atoms with Crippen LogP contribution < -0.4 is 5.32 Å². The first kappa shape index (κ1) is 19.1. The zero-order valence-corrected chi connectivity index (χ0v) is 15.6. The summed E-state index contributed by atoms with van der Waals surface area (Å²) < 4.78 is 5.48. The smallest absolute Gasteiger partial charge is 0.355 e. The van der Waals surface area contributed by atoms with E-state index >= 15 is 0 Å². The third-order valence-electron chi connectivity index (χ3n) is 4.19. The van der Waals surface area contributed by atoms with Crippen molar-refractivity contribution in [3.05, 3.63) is 89.2 Å². The lowest BCUT2D eigenvalue weighted by molar-refractivity contribution is -0.125. The van der Waals surface area contributed by atoms with E-state index in [0.717, 1.165) is 5.56 Å². The van der Waals surface area contributed by atoms with Crippen molar-refractivity contribution in [1.29, 1.82) is 0 Å². The minimum atomic E-state index is -1.14. The second-order valence-electron chi connectivity index (χ2n) is 6.41. The third-order valence-corrected chi connectivity index (χ3v) is 4.19. The second kappa shape index (κ2) is 8.35. The Labute approximate surface area is 162 Å². The number of esters is 1. The molecule has 0 radical (unpaired) electrons. The Hall–Kier alpha value is -3.67. The molecule has 1 atom stereocenters. The van der Waals surface area contributed by atoms with Crippen molar-refractivity contribution in [1.82, 2.24) is 4.98 Å². The van der Waals surface area contributed by atoms with Gasteiger partial charge in [-0.1, -0.05) is 48.0 Å². The summed E-state index contributed by atoms with van der Waals surface area (Å²) in [4.78, 5) is 39.5. The number of hydrogen-bond acceptors (Lipinski definition) is 4. The molecular weight excluding hydrogens is 356 g/mol. The standard InChI is InChI=1S/C22H20N2O4/c1-14-8-10-18(11-9-14)24-21(26)20(16-6-4-3-5-7-16)28-22(27)19-12-17(13-23-19)15(2)25/h3-13,20,23H,1-2H3,(H,24,26)/t20-/m1/s1. The maximum Gasteiger partial charge on any atom is 0.355 e. The van der Waals surface area contributed by atoms with Crippen molar-refractivity contribution >= 4 is 23.3 Å². The predicted octanol–water partition coefficient (Wildman–Crippen LogP) is 4.06. The van der Waals surface area contributed by atoms with Crippen LogP contribution in [0.25, 0.3) is 0 Å². The van der Waals surface area contributed by atoms with Crippen LogP contribution in [-0.4, -0.2) is 22.6 Å². The molecule has 0 saturated carbocycles. The zero-order valence-electron chi connectivity index (χ0n) is 15.6. The summed E-state index contributed by atoms with van der Waals surface area (Å²) in [6.45, 7) is 3.35. The van der Waals surface area contributed by atoms with Crippen molar-refractivity contribution in [3.8, 4) is 0 Å². The molecule has 0 aliphatic heterocycles. The van der Waals surface area contributed by atoms with Gasteiger partial charge in [-0.25, -0.2) is 4.79 Å². The minimum Gasteiger partial charge on any atom is -0.443 e. The highest BCUT2D eigenvalue weighted by Crippen LogP contribution is 2.22. The zero-order chi connectivity index (χ0) is 20.1. The SMILES string of the molecule is CC(=O)c1c[nH]c(C(=O)O[C@@H](C(=O)Nc2ccc(C)cc2)c2ccccc2)c1. The Kier molecular flexibility index (Phi) is 5.69. The summed E-state index contributed by atoms with van der Waals surface area (Å²) in [5, 5.41) is 2.77. The molecule has 3 aromatic rings. The molecule has 3 rings (SSSR count). The Morgan fingerprint density at radius 2 is 1.68 bits per heavy atom. The Morgan fingerprint density at radius 3 is 2.29 bits per heavy atom. The van der Waals surface area contributed by atoms with E-state index in [1.807, 2.05) is 25.1 Å². The van der Waals surface area contributed by atoms with Crippen molar-refractivity contribution < 1.29 is 19.1 Å². The van der Waals surface area contributed by atoms with Crippen LogP contribution in [0.15, 0.2) is 66.9 Å². The number of aryl methyl sites for hydroxylation is 1. The van der Waals surface area contributed by atoms with E-state index in [4.69, 9.17) is 4.74 Å². The van der Waals surface area contributed by atoms with E-state index < -0.39 is 18.0 Å². The van der Waals surface area contributed by atoms with Gasteiger partial charge in [-0.15, -0.1) is 0 Å². The van der Waals surface area contributed by atoms with Gasteiger partial charge in [0.25, 0.3) is 5.91 Å². The summed E-state index contributed by atoms with van der Waals surface area (Å²) in [5.74, 6) is -1.37. The molecule has 0 saturated heterocycles. The number of amides is 1. The fourth-order valence-corrected chi connectivity index (χ4v) is 2.63. The summed E-state index contributed by atoms with van der Waals surface area (Å²) in [6, 6.07) is 17.5. The molecule has 2 N–H and O–H groups in total. The van der Waals surface area contributed by atoms with Crippen LogP contribution in [0.3, 0.4) is 0 Å². The van der Waals surface area contributed by atoms with E-state index in [2.05, 4.69) is 10.3 Å². The fourth-order valence-electron chi connectivity index (χ4n) is 2.63. The first-order valence-electron chi connectivity index (χ1n) is 8.77. The highest BCUT2D eigenvalue weighted by Gasteiger charge is 2.26. The number of ketones is 1. The summed E-state index contributed by atoms with van der Waals surface area (Å²) in [6.07, 6.45) is 0.294. The Balaban J connectivity index is 1.82. The van der Waals surface area contributed by atoms with Gasteiger partial charge in [0.15, 0.2) is 5.78 Å². The molecule has 1 aromatic heterocycles. The van der Waals surface area contributed by atoms with Crippen molar-refractivity contribution in [2.75, 3.05) is 5.32 Å². The van der Waals surface area contributed by atoms with E-state index in [1.165, 1.54) is 19.2 Å². The van der Waals surface area contributed by atoms with E-state index in [9.17, 15) is 14.4 Å². The molecule has 0 fully saturated rings. The largest absolute Gasteiger partial charge is 0.443 e. The van der Waals surface area contributed by atoms with Crippen molar-refractivity contribution in [2.24, 2.45) is 0 Å². The summed E-state index contributed by atoms with van der Waals surface area (Å²) in [7, 11) is 0. The summed E-state index contributed by atoms with van der Waals surface area (Å²) >= 11 is 0. The van der Waals surface area contributed by atoms with Crippen LogP contribution in [0, 0.1) is 6.92 Å². The number of rotatable bonds is 6. The average Bonchev–Trinajstić information content (AvgIpc) is 3.19. The van der Waals surface area contributed by atoms with Gasteiger partial charge in [0.05, 0.1) is 0 Å². The highest BCUT2D eigenvalue weighted by molar-refractivity contribution is 5.99. The van der Waals surface area contributed by atoms with Gasteiger partial charge < -0.3 is 15.0 Å². The number of aromatic nitrogens is 1. The third kappa shape index (κ3) is 4.54. The van der Waals surface area contributed by atoms with Crippen LogP contribution in [-0.2, 0) is 9.53 Å². The number of ether oxygens (including phenoxy) is 1. The quantitative estimate of drug-likeness (QED) is 0.501. The number of hydrogen-bond donors (Lipinski definition) is 2.